The monoisotopic (exact) mass is 394 g/mol. The van der Waals surface area contributed by atoms with Crippen LogP contribution in [0.3, 0.4) is 0 Å². The number of carbonyl (C=O) groups is 1. The minimum atomic E-state index is -4.08. The van der Waals surface area contributed by atoms with E-state index in [4.69, 9.17) is 16.0 Å². The Morgan fingerprint density at radius 2 is 1.73 bits per heavy atom. The van der Waals surface area contributed by atoms with E-state index in [-0.39, 0.29) is 11.0 Å². The lowest BCUT2D eigenvalue weighted by molar-refractivity contribution is 0.256. The molecule has 2 aliphatic carbocycles. The van der Waals surface area contributed by atoms with Gasteiger partial charge in [-0.25, -0.2) is 9.52 Å². The second kappa shape index (κ2) is 6.63. The van der Waals surface area contributed by atoms with Gasteiger partial charge < -0.3 is 9.73 Å². The molecule has 1 heterocycles. The molecular weight excluding hydrogens is 376 g/mol. The van der Waals surface area contributed by atoms with Gasteiger partial charge in [-0.1, -0.05) is 6.07 Å². The maximum atomic E-state index is 12.4. The number of fused-ring (bicyclic) bond motifs is 2. The van der Waals surface area contributed by atoms with Crippen LogP contribution in [0.5, 0.6) is 0 Å². The van der Waals surface area contributed by atoms with Crippen molar-refractivity contribution in [2.24, 2.45) is 0 Å². The third-order valence-electron chi connectivity index (χ3n) is 4.99. The van der Waals surface area contributed by atoms with Gasteiger partial charge in [-0.3, -0.25) is 0 Å². The van der Waals surface area contributed by atoms with Gasteiger partial charge in [0.1, 0.15) is 0 Å². The molecule has 0 atom stereocenters. The van der Waals surface area contributed by atoms with E-state index < -0.39 is 16.1 Å². The summed E-state index contributed by atoms with van der Waals surface area (Å²) in [4.78, 5) is 12.4. The molecule has 26 heavy (non-hydrogen) atoms. The fourth-order valence-electron chi connectivity index (χ4n) is 3.84. The summed E-state index contributed by atoms with van der Waals surface area (Å²) in [6, 6.07) is 2.78. The quantitative estimate of drug-likeness (QED) is 0.776. The molecule has 0 saturated carbocycles. The molecule has 2 amide bonds. The molecule has 6 nitrogen and oxygen atoms in total. The van der Waals surface area contributed by atoms with Crippen LogP contribution in [-0.2, 0) is 41.6 Å². The molecule has 8 heteroatoms. The van der Waals surface area contributed by atoms with Crippen molar-refractivity contribution >= 4 is 33.3 Å². The van der Waals surface area contributed by atoms with Gasteiger partial charge in [-0.15, -0.1) is 11.6 Å². The first-order chi connectivity index (χ1) is 12.5. The van der Waals surface area contributed by atoms with Gasteiger partial charge >= 0.3 is 6.03 Å². The maximum Gasteiger partial charge on any atom is 0.333 e. The van der Waals surface area contributed by atoms with Crippen LogP contribution in [0, 0.1) is 0 Å². The van der Waals surface area contributed by atoms with Crippen molar-refractivity contribution in [1.82, 2.24) is 4.72 Å². The highest BCUT2D eigenvalue weighted by Crippen LogP contribution is 2.38. The second-order valence-electron chi connectivity index (χ2n) is 6.70. The lowest BCUT2D eigenvalue weighted by Crippen LogP contribution is -2.34. The summed E-state index contributed by atoms with van der Waals surface area (Å²) in [6.45, 7) is 0. The van der Waals surface area contributed by atoms with Gasteiger partial charge in [0.15, 0.2) is 0 Å². The molecule has 0 bridgehead atoms. The second-order valence-corrected chi connectivity index (χ2v) is 8.58. The van der Waals surface area contributed by atoms with E-state index in [2.05, 4.69) is 11.4 Å². The molecule has 2 aromatic rings. The zero-order valence-electron chi connectivity index (χ0n) is 14.1. The number of nitrogens with one attached hydrogen (secondary N) is 2. The maximum absolute atomic E-state index is 12.4. The number of benzene rings is 1. The molecule has 2 N–H and O–H groups in total. The molecular formula is C18H19ClN2O4S. The van der Waals surface area contributed by atoms with E-state index >= 15 is 0 Å². The Labute approximate surface area is 157 Å². The molecule has 0 fully saturated rings. The number of anilines is 1. The van der Waals surface area contributed by atoms with E-state index in [1.54, 1.807) is 0 Å². The zero-order valence-corrected chi connectivity index (χ0v) is 15.7. The van der Waals surface area contributed by atoms with Crippen molar-refractivity contribution in [2.75, 3.05) is 5.32 Å². The van der Waals surface area contributed by atoms with Crippen LogP contribution in [-0.4, -0.2) is 14.4 Å². The van der Waals surface area contributed by atoms with Gasteiger partial charge in [0, 0.05) is 17.3 Å². The molecule has 0 saturated heterocycles. The summed E-state index contributed by atoms with van der Waals surface area (Å²) in [5.74, 6) is 0.132. The van der Waals surface area contributed by atoms with Gasteiger partial charge in [0.05, 0.1) is 12.1 Å². The lowest BCUT2D eigenvalue weighted by atomic mass is 9.99. The molecule has 0 aliphatic heterocycles. The molecule has 138 valence electrons. The van der Waals surface area contributed by atoms with Crippen molar-refractivity contribution in [3.63, 3.8) is 0 Å². The first-order valence-electron chi connectivity index (χ1n) is 8.61. The van der Waals surface area contributed by atoms with E-state index in [1.165, 1.54) is 23.5 Å². The smallest absolute Gasteiger partial charge is 0.333 e. The van der Waals surface area contributed by atoms with E-state index in [9.17, 15) is 13.2 Å². The molecule has 2 aliphatic rings. The molecule has 0 spiro atoms. The highest BCUT2D eigenvalue weighted by Gasteiger charge is 2.27. The molecule has 4 rings (SSSR count). The Morgan fingerprint density at radius 1 is 1.08 bits per heavy atom. The Morgan fingerprint density at radius 3 is 2.31 bits per heavy atom. The Kier molecular flexibility index (Phi) is 4.44. The third-order valence-corrected chi connectivity index (χ3v) is 6.49. The number of halogens is 1. The predicted octanol–water partition coefficient (Wildman–Crippen LogP) is 3.51. The van der Waals surface area contributed by atoms with E-state index in [0.717, 1.165) is 55.3 Å². The number of amides is 2. The van der Waals surface area contributed by atoms with Crippen LogP contribution in [0.1, 0.15) is 40.7 Å². The first kappa shape index (κ1) is 17.4. The number of furan rings is 1. The average Bonchev–Trinajstić information content (AvgIpc) is 3.33. The fourth-order valence-corrected chi connectivity index (χ4v) is 4.86. The number of sulfonamides is 1. The summed E-state index contributed by atoms with van der Waals surface area (Å²) in [6.07, 6.45) is 7.19. The predicted molar refractivity (Wildman–Crippen MR) is 98.1 cm³/mol. The van der Waals surface area contributed by atoms with Crippen LogP contribution < -0.4 is 10.0 Å². The number of rotatable bonds is 4. The van der Waals surface area contributed by atoms with Crippen molar-refractivity contribution in [2.45, 2.75) is 49.5 Å². The summed E-state index contributed by atoms with van der Waals surface area (Å²) in [5, 5.41) is 2.47. The minimum absolute atomic E-state index is 0.132. The SMILES string of the molecule is O=C(Nc1c2c(cc3c1CCC3)CCC2)NS(=O)(=O)c1cc(CCl)co1. The Hall–Kier alpha value is -1.99. The number of alkyl halides is 1. The van der Waals surface area contributed by atoms with E-state index in [0.29, 0.717) is 5.56 Å². The highest BCUT2D eigenvalue weighted by atomic mass is 35.5. The molecule has 0 unspecified atom stereocenters. The summed E-state index contributed by atoms with van der Waals surface area (Å²) < 4.78 is 31.7. The Balaban J connectivity index is 1.58. The topological polar surface area (TPSA) is 88.4 Å². The summed E-state index contributed by atoms with van der Waals surface area (Å²) in [7, 11) is -4.08. The molecule has 1 aromatic carbocycles. The Bertz CT molecular complexity index is 949. The van der Waals surface area contributed by atoms with Crippen LogP contribution >= 0.6 is 11.6 Å². The highest BCUT2D eigenvalue weighted by molar-refractivity contribution is 7.89. The number of urea groups is 1. The average molecular weight is 395 g/mol. The van der Waals surface area contributed by atoms with Crippen LogP contribution in [0.25, 0.3) is 0 Å². The van der Waals surface area contributed by atoms with Gasteiger partial charge in [0.2, 0.25) is 5.09 Å². The van der Waals surface area contributed by atoms with Crippen LogP contribution in [0.2, 0.25) is 0 Å². The number of hydrogen-bond acceptors (Lipinski definition) is 4. The summed E-state index contributed by atoms with van der Waals surface area (Å²) >= 11 is 5.66. The standard InChI is InChI=1S/C18H19ClN2O4S/c19-9-11-7-16(25-10-11)26(23,24)21-18(22)20-17-14-5-1-3-12(14)8-13-4-2-6-15(13)17/h7-8,10H,1-6,9H2,(H2,20,21,22). The van der Waals surface area contributed by atoms with Crippen LogP contribution in [0.15, 0.2) is 27.9 Å². The third kappa shape index (κ3) is 3.10. The van der Waals surface area contributed by atoms with Crippen molar-refractivity contribution < 1.29 is 17.6 Å². The minimum Gasteiger partial charge on any atom is -0.451 e. The van der Waals surface area contributed by atoms with Gasteiger partial charge in [0.25, 0.3) is 10.0 Å². The number of carbonyl (C=O) groups excluding carboxylic acids is 1. The summed E-state index contributed by atoms with van der Waals surface area (Å²) in [5.41, 5.74) is 6.14. The van der Waals surface area contributed by atoms with Crippen molar-refractivity contribution in [3.8, 4) is 0 Å². The lowest BCUT2D eigenvalue weighted by Gasteiger charge is -2.16. The van der Waals surface area contributed by atoms with Gasteiger partial charge in [-0.2, -0.15) is 8.42 Å². The first-order valence-corrected chi connectivity index (χ1v) is 10.6. The number of hydrogen-bond donors (Lipinski definition) is 2. The molecule has 0 radical (unpaired) electrons. The largest absolute Gasteiger partial charge is 0.451 e. The van der Waals surface area contributed by atoms with Crippen LogP contribution in [0.4, 0.5) is 10.5 Å². The van der Waals surface area contributed by atoms with Crippen molar-refractivity contribution in [3.05, 3.63) is 46.2 Å². The fraction of sp³-hybridized carbons (Fsp3) is 0.389. The number of aryl methyl sites for hydroxylation is 2. The zero-order chi connectivity index (χ0) is 18.3. The van der Waals surface area contributed by atoms with Crippen molar-refractivity contribution in [1.29, 1.82) is 0 Å². The van der Waals surface area contributed by atoms with E-state index in [1.807, 2.05) is 4.72 Å². The molecule has 1 aromatic heterocycles. The van der Waals surface area contributed by atoms with Gasteiger partial charge in [-0.05, 0) is 60.8 Å². The normalized spacial score (nSPS) is 15.6.